The number of hydrogen-bond donors (Lipinski definition) is 2. The van der Waals surface area contributed by atoms with Crippen LogP contribution in [-0.2, 0) is 28.6 Å². The molecule has 1 spiro atoms. The molecule has 464 valence electrons. The van der Waals surface area contributed by atoms with Crippen LogP contribution in [0, 0.1) is 22.7 Å². The number of hydrazine groups is 2. The molecule has 83 heavy (non-hydrogen) atoms. The molecule has 6 aliphatic rings. The van der Waals surface area contributed by atoms with Crippen LogP contribution in [0.25, 0.3) is 5.70 Å². The second kappa shape index (κ2) is 28.8. The quantitative estimate of drug-likeness (QED) is 0.118. The molecule has 5 saturated heterocycles. The first-order valence-corrected chi connectivity index (χ1v) is 31.4. The predicted molar refractivity (Wildman–Crippen MR) is 327 cm³/mol. The van der Waals surface area contributed by atoms with Crippen LogP contribution in [0.15, 0.2) is 43.1 Å². The van der Waals surface area contributed by atoms with E-state index in [9.17, 15) is 14.4 Å². The van der Waals surface area contributed by atoms with Crippen molar-refractivity contribution in [2.24, 2.45) is 22.7 Å². The topological polar surface area (TPSA) is 176 Å². The Morgan fingerprint density at radius 2 is 1.65 bits per heavy atom. The third-order valence-corrected chi connectivity index (χ3v) is 18.3. The lowest BCUT2D eigenvalue weighted by atomic mass is 9.78. The van der Waals surface area contributed by atoms with Crippen LogP contribution < -0.4 is 15.6 Å². The van der Waals surface area contributed by atoms with Crippen LogP contribution in [-0.4, -0.2) is 199 Å². The van der Waals surface area contributed by atoms with Crippen molar-refractivity contribution in [1.82, 2.24) is 50.4 Å². The number of urea groups is 1. The van der Waals surface area contributed by atoms with E-state index in [-0.39, 0.29) is 66.9 Å². The minimum atomic E-state index is -1.12. The number of nitrogens with zero attached hydrogens (tertiary/aromatic N) is 9. The van der Waals surface area contributed by atoms with Crippen molar-refractivity contribution in [1.29, 1.82) is 0 Å². The highest BCUT2D eigenvalue weighted by molar-refractivity contribution is 5.92. The summed E-state index contributed by atoms with van der Waals surface area (Å²) < 4.78 is 18.1. The number of aromatic nitrogens is 1. The number of methoxy groups -OCH3 is 1. The molecule has 0 radical (unpaired) electrons. The van der Waals surface area contributed by atoms with Crippen LogP contribution in [0.4, 0.5) is 15.3 Å². The standard InChI is InChI=1S/C64H105N11O8/c1-15-18-23-46(6)52-39-63(11,12)44-82-54(76)37-48-24-22-31-74(67-48)59(78)53(66-58(77)56(45(4)5)68(13)60(79)70-32-26-64(27-33-70)28-34-72(43-64)61(80)83-62(8,9)10)42-73(30-19-16-2)75(17-3)57(52)51-38-50(40-65-55(51)47(7)81-14)71-36-35-69-29-21-20-25-49(69)41-71/h15-16,38,40,45-49,53,56,67H,1-2,17-37,39,41-44H2,3-14H3,(H,66,77)/b57-52-/t46?,47-,48-,49+,53-,56-/m0/s1. The van der Waals surface area contributed by atoms with E-state index in [4.69, 9.17) is 19.2 Å². The second-order valence-electron chi connectivity index (χ2n) is 26.9. The molecule has 0 aromatic carbocycles. The number of anilines is 1. The van der Waals surface area contributed by atoms with Crippen LogP contribution in [0.2, 0.25) is 0 Å². The fraction of sp³-hybridized carbons (Fsp3) is 0.750. The Kier molecular flexibility index (Phi) is 22.6. The van der Waals surface area contributed by atoms with Crippen molar-refractivity contribution in [3.63, 3.8) is 0 Å². The molecule has 19 nitrogen and oxygen atoms in total. The summed E-state index contributed by atoms with van der Waals surface area (Å²) in [5, 5.41) is 9.38. The number of likely N-dealkylation sites (N-methyl/N-ethyl adjacent to an activating group) is 1. The summed E-state index contributed by atoms with van der Waals surface area (Å²) in [6.07, 6.45) is 15.2. The van der Waals surface area contributed by atoms with Crippen LogP contribution in [0.1, 0.15) is 170 Å². The first kappa shape index (κ1) is 65.3. The summed E-state index contributed by atoms with van der Waals surface area (Å²) in [6.45, 7) is 36.2. The van der Waals surface area contributed by atoms with Gasteiger partial charge in [0.25, 0.3) is 5.91 Å². The molecule has 1 unspecified atom stereocenters. The summed E-state index contributed by atoms with van der Waals surface area (Å²) >= 11 is 0. The number of piperazine rings is 1. The van der Waals surface area contributed by atoms with Crippen molar-refractivity contribution < 1.29 is 38.2 Å². The Balaban J connectivity index is 1.30. The fourth-order valence-electron chi connectivity index (χ4n) is 13.6. The van der Waals surface area contributed by atoms with E-state index in [1.807, 2.05) is 64.8 Å². The van der Waals surface area contributed by atoms with Gasteiger partial charge in [-0.25, -0.2) is 20.0 Å². The van der Waals surface area contributed by atoms with Gasteiger partial charge in [-0.15, -0.1) is 13.2 Å². The zero-order valence-corrected chi connectivity index (χ0v) is 52.9. The highest BCUT2D eigenvalue weighted by atomic mass is 16.6. The number of amides is 5. The van der Waals surface area contributed by atoms with E-state index in [0.29, 0.717) is 77.5 Å². The summed E-state index contributed by atoms with van der Waals surface area (Å²) in [6, 6.07) is 0.110. The molecule has 6 aliphatic heterocycles. The van der Waals surface area contributed by atoms with Crippen molar-refractivity contribution >= 4 is 41.3 Å². The lowest BCUT2D eigenvalue weighted by Crippen LogP contribution is -2.64. The molecule has 5 fully saturated rings. The van der Waals surface area contributed by atoms with E-state index in [0.717, 1.165) is 86.5 Å². The maximum Gasteiger partial charge on any atom is 0.410 e. The molecule has 2 N–H and O–H groups in total. The molecular weight excluding hydrogens is 1050 g/mol. The lowest BCUT2D eigenvalue weighted by molar-refractivity contribution is -0.150. The van der Waals surface area contributed by atoms with Gasteiger partial charge in [0, 0.05) is 109 Å². The highest BCUT2D eigenvalue weighted by Crippen LogP contribution is 2.44. The fourth-order valence-corrected chi connectivity index (χ4v) is 13.6. The number of esters is 1. The first-order chi connectivity index (χ1) is 39.4. The summed E-state index contributed by atoms with van der Waals surface area (Å²) in [7, 11) is 3.40. The molecule has 7 rings (SSSR count). The van der Waals surface area contributed by atoms with Gasteiger partial charge in [0.1, 0.15) is 17.7 Å². The maximum absolute atomic E-state index is 15.6. The normalized spacial score (nSPS) is 25.4. The summed E-state index contributed by atoms with van der Waals surface area (Å²) in [5.41, 5.74) is 7.01. The molecular formula is C64H105N11O8. The number of carbonyl (C=O) groups is 5. The monoisotopic (exact) mass is 1160 g/mol. The molecule has 0 aliphatic carbocycles. The molecule has 19 heteroatoms. The second-order valence-corrected chi connectivity index (χ2v) is 26.9. The number of ether oxygens (including phenoxy) is 3. The van der Waals surface area contributed by atoms with E-state index >= 15 is 9.59 Å². The Bertz CT molecular complexity index is 2450. The zero-order chi connectivity index (χ0) is 60.4. The van der Waals surface area contributed by atoms with Gasteiger partial charge in [-0.1, -0.05) is 53.2 Å². The van der Waals surface area contributed by atoms with E-state index in [2.05, 4.69) is 77.5 Å². The van der Waals surface area contributed by atoms with Crippen LogP contribution in [0.3, 0.4) is 0 Å². The average Bonchev–Trinajstić information content (AvgIpc) is 4.06. The lowest BCUT2D eigenvalue weighted by Gasteiger charge is -2.45. The minimum absolute atomic E-state index is 0.00880. The number of cyclic esters (lactones) is 1. The Labute approximate surface area is 497 Å². The molecule has 7 heterocycles. The zero-order valence-electron chi connectivity index (χ0n) is 52.9. The number of pyridine rings is 1. The Hall–Kier alpha value is -5.24. The number of likely N-dealkylation sites (tertiary alicyclic amines) is 2. The van der Waals surface area contributed by atoms with Gasteiger partial charge in [0.2, 0.25) is 5.91 Å². The van der Waals surface area contributed by atoms with Crippen molar-refractivity contribution in [2.75, 3.05) is 104 Å². The van der Waals surface area contributed by atoms with Gasteiger partial charge >= 0.3 is 18.1 Å². The number of hydrogen-bond acceptors (Lipinski definition) is 14. The third-order valence-electron chi connectivity index (χ3n) is 18.3. The number of carbonyl (C=O) groups excluding carboxylic acids is 5. The molecule has 2 bridgehead atoms. The number of fused-ring (bicyclic) bond motifs is 3. The average molecular weight is 1160 g/mol. The van der Waals surface area contributed by atoms with E-state index < -0.39 is 35.1 Å². The van der Waals surface area contributed by atoms with E-state index in [1.54, 1.807) is 29.0 Å². The predicted octanol–water partition coefficient (Wildman–Crippen LogP) is 9.03. The van der Waals surface area contributed by atoms with Crippen molar-refractivity contribution in [2.45, 2.75) is 189 Å². The molecule has 0 saturated carbocycles. The van der Waals surface area contributed by atoms with Gasteiger partial charge in [0.15, 0.2) is 0 Å². The summed E-state index contributed by atoms with van der Waals surface area (Å²) in [5.74, 6) is -1.44. The van der Waals surface area contributed by atoms with Crippen LogP contribution >= 0.6 is 0 Å². The smallest absolute Gasteiger partial charge is 0.410 e. The molecule has 1 aromatic rings. The van der Waals surface area contributed by atoms with Crippen molar-refractivity contribution in [3.8, 4) is 0 Å². The molecule has 1 aromatic heterocycles. The minimum Gasteiger partial charge on any atom is -0.465 e. The van der Waals surface area contributed by atoms with Gasteiger partial charge in [-0.3, -0.25) is 29.3 Å². The Morgan fingerprint density at radius 3 is 2.31 bits per heavy atom. The molecule has 5 amide bonds. The van der Waals surface area contributed by atoms with Gasteiger partial charge in [-0.2, -0.15) is 0 Å². The number of piperidine rings is 2. The van der Waals surface area contributed by atoms with Gasteiger partial charge < -0.3 is 44.1 Å². The van der Waals surface area contributed by atoms with Gasteiger partial charge in [-0.05, 0) is 141 Å². The largest absolute Gasteiger partial charge is 0.465 e. The first-order valence-electron chi connectivity index (χ1n) is 31.4. The van der Waals surface area contributed by atoms with E-state index in [1.165, 1.54) is 19.3 Å². The summed E-state index contributed by atoms with van der Waals surface area (Å²) in [4.78, 5) is 88.3. The maximum atomic E-state index is 15.6. The third kappa shape index (κ3) is 16.6. The van der Waals surface area contributed by atoms with Crippen LogP contribution in [0.5, 0.6) is 0 Å². The number of nitrogens with one attached hydrogen (secondary N) is 2. The van der Waals surface area contributed by atoms with Gasteiger partial charge in [0.05, 0.1) is 42.4 Å². The molecule has 6 atom stereocenters. The highest BCUT2D eigenvalue weighted by Gasteiger charge is 2.46. The SMILES string of the molecule is C=CCCC(C)/C1=C(/c2cc(N3CCN4CCCC[C@@H]4C3)cnc2[C@H](C)OC)N(CC)N(CCC=C)C[C@H](NC(=O)[C@H](C(C)C)N(C)C(=O)N2CCC3(CCN(C(=O)OC(C)(C)C)C3)CC2)C(=O)N2CCC[C@@H](CC(=O)OCC(C)(C)C1)N2. The van der Waals surface area contributed by atoms with Crippen molar-refractivity contribution in [3.05, 3.63) is 54.4 Å². The number of allylic oxidation sites excluding steroid dienone is 2. The number of rotatable bonds is 16. The Morgan fingerprint density at radius 1 is 0.940 bits per heavy atom.